The minimum atomic E-state index is -0.856. The van der Waals surface area contributed by atoms with Gasteiger partial charge in [0.05, 0.1) is 12.8 Å². The summed E-state index contributed by atoms with van der Waals surface area (Å²) in [4.78, 5) is 23.3. The van der Waals surface area contributed by atoms with Crippen LogP contribution in [0.25, 0.3) is 0 Å². The number of benzene rings is 1. The first-order chi connectivity index (χ1) is 24.5. The third kappa shape index (κ3) is 27.8. The maximum atomic E-state index is 11.8. The lowest BCUT2D eigenvalue weighted by Gasteiger charge is -2.17. The zero-order chi connectivity index (χ0) is 36.3. The van der Waals surface area contributed by atoms with Gasteiger partial charge < -0.3 is 10.2 Å². The van der Waals surface area contributed by atoms with Crippen molar-refractivity contribution in [1.29, 1.82) is 0 Å². The second-order valence-corrected chi connectivity index (χ2v) is 15.6. The van der Waals surface area contributed by atoms with Gasteiger partial charge in [-0.25, -0.2) is 0 Å². The van der Waals surface area contributed by atoms with Gasteiger partial charge in [0.2, 0.25) is 0 Å². The van der Waals surface area contributed by atoms with Crippen molar-refractivity contribution < 1.29 is 19.8 Å². The Morgan fingerprint density at radius 1 is 0.380 bits per heavy atom. The number of unbranched alkanes of at least 4 members (excludes halogenated alkanes) is 30. The highest BCUT2D eigenvalue weighted by molar-refractivity contribution is 5.73. The number of carboxylic acid groups (broad SMARTS) is 2. The second-order valence-electron chi connectivity index (χ2n) is 15.6. The Morgan fingerprint density at radius 2 is 0.660 bits per heavy atom. The highest BCUT2D eigenvalue weighted by Crippen LogP contribution is 2.25. The van der Waals surface area contributed by atoms with Gasteiger partial charge in [-0.2, -0.15) is 0 Å². The molecule has 0 aromatic heterocycles. The Morgan fingerprint density at radius 3 is 0.980 bits per heavy atom. The molecule has 1 aromatic carbocycles. The molecule has 0 heterocycles. The van der Waals surface area contributed by atoms with Crippen molar-refractivity contribution in [3.8, 4) is 0 Å². The molecule has 50 heavy (non-hydrogen) atoms. The van der Waals surface area contributed by atoms with Crippen LogP contribution in [0.5, 0.6) is 0 Å². The van der Waals surface area contributed by atoms with E-state index in [-0.39, 0.29) is 12.8 Å². The van der Waals surface area contributed by atoms with Crippen LogP contribution in [-0.2, 0) is 35.3 Å². The lowest BCUT2D eigenvalue weighted by atomic mass is 9.88. The fourth-order valence-electron chi connectivity index (χ4n) is 7.72. The van der Waals surface area contributed by atoms with Crippen molar-refractivity contribution in [2.45, 2.75) is 245 Å². The van der Waals surface area contributed by atoms with E-state index >= 15 is 0 Å². The lowest BCUT2D eigenvalue weighted by molar-refractivity contribution is -0.137. The molecule has 0 unspecified atom stereocenters. The molecule has 0 aliphatic heterocycles. The van der Waals surface area contributed by atoms with E-state index in [4.69, 9.17) is 0 Å². The van der Waals surface area contributed by atoms with E-state index in [1.165, 1.54) is 204 Å². The standard InChI is InChI=1S/C46H82O4/c1-3-5-7-9-11-13-15-17-19-21-23-25-27-29-31-33-35-42-37-41(39-45(47)48)38-43(40-46(49)50)44(42)36-34-32-30-28-26-24-22-20-18-16-14-12-10-8-6-4-2/h37-38H,3-36,39-40H2,1-2H3,(H,47,48)(H,49,50). The van der Waals surface area contributed by atoms with Crippen LogP contribution in [-0.4, -0.2) is 22.2 Å². The summed E-state index contributed by atoms with van der Waals surface area (Å²) in [5.74, 6) is -1.69. The minimum Gasteiger partial charge on any atom is -0.481 e. The molecule has 4 nitrogen and oxygen atoms in total. The van der Waals surface area contributed by atoms with E-state index in [1.807, 2.05) is 6.07 Å². The first-order valence-corrected chi connectivity index (χ1v) is 22.0. The highest BCUT2D eigenvalue weighted by atomic mass is 16.4. The fraction of sp³-hybridized carbons (Fsp3) is 0.826. The number of rotatable bonds is 38. The maximum absolute atomic E-state index is 11.8. The summed E-state index contributed by atoms with van der Waals surface area (Å²) in [5.41, 5.74) is 3.97. The van der Waals surface area contributed by atoms with Crippen LogP contribution in [0.1, 0.15) is 242 Å². The van der Waals surface area contributed by atoms with Crippen molar-refractivity contribution in [2.24, 2.45) is 0 Å². The van der Waals surface area contributed by atoms with E-state index in [2.05, 4.69) is 19.9 Å². The summed E-state index contributed by atoms with van der Waals surface area (Å²) in [6.07, 6.45) is 44.7. The highest BCUT2D eigenvalue weighted by Gasteiger charge is 2.15. The van der Waals surface area contributed by atoms with Gasteiger partial charge in [-0.1, -0.05) is 219 Å². The number of carbonyl (C=O) groups is 2. The molecule has 0 saturated carbocycles. The van der Waals surface area contributed by atoms with Gasteiger partial charge in [0.25, 0.3) is 0 Å². The first kappa shape index (κ1) is 46.2. The van der Waals surface area contributed by atoms with Crippen molar-refractivity contribution in [3.05, 3.63) is 34.4 Å². The molecule has 0 saturated heterocycles. The summed E-state index contributed by atoms with van der Waals surface area (Å²) in [6.45, 7) is 4.56. The number of aliphatic carboxylic acids is 2. The van der Waals surface area contributed by atoms with Gasteiger partial charge in [0.15, 0.2) is 0 Å². The van der Waals surface area contributed by atoms with E-state index in [0.29, 0.717) is 0 Å². The largest absolute Gasteiger partial charge is 0.481 e. The molecule has 0 amide bonds. The van der Waals surface area contributed by atoms with Gasteiger partial charge in [-0.05, 0) is 47.9 Å². The third-order valence-electron chi connectivity index (χ3n) is 10.8. The van der Waals surface area contributed by atoms with Crippen molar-refractivity contribution in [2.75, 3.05) is 0 Å². The van der Waals surface area contributed by atoms with Gasteiger partial charge in [0, 0.05) is 0 Å². The van der Waals surface area contributed by atoms with Crippen molar-refractivity contribution in [1.82, 2.24) is 0 Å². The zero-order valence-electron chi connectivity index (χ0n) is 33.3. The van der Waals surface area contributed by atoms with Crippen LogP contribution in [0.4, 0.5) is 0 Å². The topological polar surface area (TPSA) is 74.6 Å². The average molecular weight is 699 g/mol. The molecule has 0 aliphatic carbocycles. The second kappa shape index (κ2) is 34.3. The van der Waals surface area contributed by atoms with E-state index in [0.717, 1.165) is 36.8 Å². The van der Waals surface area contributed by atoms with Crippen molar-refractivity contribution in [3.63, 3.8) is 0 Å². The molecule has 0 aliphatic rings. The molecular weight excluding hydrogens is 617 g/mol. The average Bonchev–Trinajstić information content (AvgIpc) is 3.08. The predicted octanol–water partition coefficient (Wildman–Crippen LogP) is 14.5. The molecule has 290 valence electrons. The molecule has 0 spiro atoms. The summed E-state index contributed by atoms with van der Waals surface area (Å²) >= 11 is 0. The lowest BCUT2D eigenvalue weighted by Crippen LogP contribution is -2.10. The Balaban J connectivity index is 2.35. The number of aryl methyl sites for hydroxylation is 1. The van der Waals surface area contributed by atoms with Crippen LogP contribution >= 0.6 is 0 Å². The number of carboxylic acids is 2. The Kier molecular flexibility index (Phi) is 31.6. The molecule has 1 rings (SSSR count). The summed E-state index contributed by atoms with van der Waals surface area (Å²) < 4.78 is 0. The molecule has 0 bridgehead atoms. The smallest absolute Gasteiger partial charge is 0.307 e. The van der Waals surface area contributed by atoms with Gasteiger partial charge in [0.1, 0.15) is 0 Å². The Bertz CT molecular complexity index is 938. The van der Waals surface area contributed by atoms with Crippen LogP contribution in [0.3, 0.4) is 0 Å². The van der Waals surface area contributed by atoms with Crippen LogP contribution < -0.4 is 0 Å². The summed E-state index contributed by atoms with van der Waals surface area (Å²) in [6, 6.07) is 3.94. The fourth-order valence-corrected chi connectivity index (χ4v) is 7.72. The van der Waals surface area contributed by atoms with E-state index in [9.17, 15) is 19.8 Å². The quantitative estimate of drug-likeness (QED) is 0.0674. The van der Waals surface area contributed by atoms with Gasteiger partial charge in [-0.15, -0.1) is 0 Å². The molecule has 2 N–H and O–H groups in total. The Hall–Kier alpha value is -1.84. The molecular formula is C46H82O4. The summed E-state index contributed by atoms with van der Waals surface area (Å²) in [5, 5.41) is 19.1. The molecule has 1 aromatic rings. The zero-order valence-corrected chi connectivity index (χ0v) is 33.3. The minimum absolute atomic E-state index is 0.0202. The summed E-state index contributed by atoms with van der Waals surface area (Å²) in [7, 11) is 0. The SMILES string of the molecule is CCCCCCCCCCCCCCCCCCc1cc(CC(=O)O)cc(CC(=O)O)c1CCCCCCCCCCCCCCCCCC. The van der Waals surface area contributed by atoms with Crippen LogP contribution in [0.15, 0.2) is 12.1 Å². The molecule has 0 radical (unpaired) electrons. The molecule has 0 atom stereocenters. The van der Waals surface area contributed by atoms with Crippen LogP contribution in [0, 0.1) is 0 Å². The Labute approximate surface area is 310 Å². The number of hydrogen-bond donors (Lipinski definition) is 2. The van der Waals surface area contributed by atoms with Crippen molar-refractivity contribution >= 4 is 11.9 Å². The maximum Gasteiger partial charge on any atom is 0.307 e. The van der Waals surface area contributed by atoms with E-state index < -0.39 is 11.9 Å². The van der Waals surface area contributed by atoms with E-state index in [1.54, 1.807) is 0 Å². The van der Waals surface area contributed by atoms with Gasteiger partial charge >= 0.3 is 11.9 Å². The van der Waals surface area contributed by atoms with Crippen LogP contribution in [0.2, 0.25) is 0 Å². The molecule has 0 fully saturated rings. The monoisotopic (exact) mass is 699 g/mol. The first-order valence-electron chi connectivity index (χ1n) is 22.0. The predicted molar refractivity (Wildman–Crippen MR) is 216 cm³/mol. The van der Waals surface area contributed by atoms with Gasteiger partial charge in [-0.3, -0.25) is 9.59 Å². The number of hydrogen-bond acceptors (Lipinski definition) is 2. The third-order valence-corrected chi connectivity index (χ3v) is 10.8. The normalized spacial score (nSPS) is 11.4. The molecule has 4 heteroatoms.